The molecule has 0 aliphatic heterocycles. The number of esters is 1. The van der Waals surface area contributed by atoms with Crippen LogP contribution in [-0.4, -0.2) is 64.4 Å². The number of halogens is 2. The fourth-order valence-corrected chi connectivity index (χ4v) is 9.66. The summed E-state index contributed by atoms with van der Waals surface area (Å²) in [6.07, 6.45) is 7.58. The van der Waals surface area contributed by atoms with E-state index in [0.29, 0.717) is 32.1 Å². The molecule has 3 N–H and O–H groups in total. The van der Waals surface area contributed by atoms with Crippen LogP contribution in [0.25, 0.3) is 0 Å². The van der Waals surface area contributed by atoms with Gasteiger partial charge in [-0.3, -0.25) is 4.55 Å². The standard InChI is InChI=1S/C25H38F2O8S/c1-16(25(26,27)36(31,32)33)35-19(28)14-34-20-18-10-17-11-21(13-18,23(29)6-2-3-7-23)15-22(20,12-17)24(30)8-4-5-9-24/h16-18,20,29-30H,2-15H2,1H3,(H,31,32,33). The van der Waals surface area contributed by atoms with Gasteiger partial charge in [0.05, 0.1) is 17.3 Å². The normalized spacial score (nSPS) is 39.9. The average molecular weight is 537 g/mol. The summed E-state index contributed by atoms with van der Waals surface area (Å²) in [6.45, 7) is 0.0379. The molecule has 0 saturated heterocycles. The van der Waals surface area contributed by atoms with Gasteiger partial charge in [0.25, 0.3) is 0 Å². The predicted octanol–water partition coefficient (Wildman–Crippen LogP) is 3.59. The van der Waals surface area contributed by atoms with Gasteiger partial charge in [-0.2, -0.15) is 17.2 Å². The maximum absolute atomic E-state index is 13.8. The Morgan fingerprint density at radius 3 is 2.19 bits per heavy atom. The molecule has 0 aromatic rings. The van der Waals surface area contributed by atoms with Crippen molar-refractivity contribution in [2.24, 2.45) is 22.7 Å². The molecule has 0 aromatic carbocycles. The van der Waals surface area contributed by atoms with Crippen molar-refractivity contribution in [3.8, 4) is 0 Å². The van der Waals surface area contributed by atoms with Gasteiger partial charge in [0, 0.05) is 10.8 Å². The quantitative estimate of drug-likeness (QED) is 0.317. The Kier molecular flexibility index (Phi) is 6.35. The summed E-state index contributed by atoms with van der Waals surface area (Å²) in [5.41, 5.74) is -2.67. The second-order valence-corrected chi connectivity index (χ2v) is 14.0. The summed E-state index contributed by atoms with van der Waals surface area (Å²) < 4.78 is 69.2. The van der Waals surface area contributed by atoms with Crippen LogP contribution in [0.15, 0.2) is 0 Å². The van der Waals surface area contributed by atoms with Crippen LogP contribution in [0, 0.1) is 22.7 Å². The topological polar surface area (TPSA) is 130 Å². The summed E-state index contributed by atoms with van der Waals surface area (Å²) in [4.78, 5) is 12.4. The van der Waals surface area contributed by atoms with Crippen molar-refractivity contribution in [2.75, 3.05) is 6.61 Å². The zero-order chi connectivity index (χ0) is 26.2. The summed E-state index contributed by atoms with van der Waals surface area (Å²) in [5, 5.41) is 19.2. The lowest BCUT2D eigenvalue weighted by Gasteiger charge is -2.71. The van der Waals surface area contributed by atoms with Gasteiger partial charge in [0.1, 0.15) is 6.61 Å². The molecule has 11 heteroatoms. The summed E-state index contributed by atoms with van der Waals surface area (Å²) in [7, 11) is -5.75. The van der Waals surface area contributed by atoms with E-state index in [1.165, 1.54) is 0 Å². The lowest BCUT2D eigenvalue weighted by Crippen LogP contribution is -2.71. The van der Waals surface area contributed by atoms with Crippen molar-refractivity contribution in [3.63, 3.8) is 0 Å². The van der Waals surface area contributed by atoms with E-state index in [4.69, 9.17) is 9.29 Å². The van der Waals surface area contributed by atoms with Crippen molar-refractivity contribution in [2.45, 2.75) is 119 Å². The highest BCUT2D eigenvalue weighted by molar-refractivity contribution is 7.86. The third kappa shape index (κ3) is 3.86. The van der Waals surface area contributed by atoms with E-state index < -0.39 is 56.8 Å². The summed E-state index contributed by atoms with van der Waals surface area (Å²) in [6, 6.07) is 0. The smallest absolute Gasteiger partial charge is 0.405 e. The lowest BCUT2D eigenvalue weighted by molar-refractivity contribution is -0.300. The number of hydrogen-bond donors (Lipinski definition) is 3. The van der Waals surface area contributed by atoms with E-state index in [2.05, 4.69) is 4.74 Å². The first-order valence-corrected chi connectivity index (χ1v) is 14.7. The van der Waals surface area contributed by atoms with E-state index in [1.807, 2.05) is 0 Å². The molecule has 6 unspecified atom stereocenters. The predicted molar refractivity (Wildman–Crippen MR) is 124 cm³/mol. The maximum atomic E-state index is 13.8. The van der Waals surface area contributed by atoms with E-state index in [1.54, 1.807) is 0 Å². The van der Waals surface area contributed by atoms with Crippen molar-refractivity contribution in [1.29, 1.82) is 0 Å². The van der Waals surface area contributed by atoms with Crippen LogP contribution >= 0.6 is 0 Å². The van der Waals surface area contributed by atoms with Crippen molar-refractivity contribution in [1.82, 2.24) is 0 Å². The van der Waals surface area contributed by atoms with Crippen molar-refractivity contribution in [3.05, 3.63) is 0 Å². The second kappa shape index (κ2) is 8.56. The first kappa shape index (κ1) is 26.7. The average Bonchev–Trinajstić information content (AvgIpc) is 3.42. The van der Waals surface area contributed by atoms with E-state index >= 15 is 0 Å². The Hall–Kier alpha value is -0.880. The van der Waals surface area contributed by atoms with Gasteiger partial charge >= 0.3 is 21.3 Å². The second-order valence-electron chi connectivity index (χ2n) is 12.5. The molecule has 36 heavy (non-hydrogen) atoms. The molecule has 0 radical (unpaired) electrons. The zero-order valence-electron chi connectivity index (χ0n) is 20.8. The highest BCUT2D eigenvalue weighted by atomic mass is 32.2. The molecule has 0 spiro atoms. The fourth-order valence-electron chi connectivity index (χ4n) is 9.20. The van der Waals surface area contributed by atoms with Crippen LogP contribution in [0.1, 0.15) is 90.4 Å². The summed E-state index contributed by atoms with van der Waals surface area (Å²) in [5.74, 6) is -0.783. The molecule has 6 aliphatic carbocycles. The first-order valence-electron chi connectivity index (χ1n) is 13.3. The minimum Gasteiger partial charge on any atom is -0.453 e. The zero-order valence-corrected chi connectivity index (χ0v) is 21.6. The van der Waals surface area contributed by atoms with Gasteiger partial charge in [-0.05, 0) is 76.5 Å². The van der Waals surface area contributed by atoms with E-state index in [9.17, 15) is 32.2 Å². The van der Waals surface area contributed by atoms with Crippen LogP contribution < -0.4 is 0 Å². The van der Waals surface area contributed by atoms with Crippen LogP contribution in [0.2, 0.25) is 0 Å². The third-order valence-electron chi connectivity index (χ3n) is 10.5. The Morgan fingerprint density at radius 2 is 1.61 bits per heavy atom. The molecule has 6 saturated carbocycles. The van der Waals surface area contributed by atoms with Crippen LogP contribution in [-0.2, 0) is 24.4 Å². The van der Waals surface area contributed by atoms with E-state index in [-0.39, 0.29) is 11.3 Å². The molecule has 206 valence electrons. The van der Waals surface area contributed by atoms with Gasteiger partial charge in [-0.25, -0.2) is 4.79 Å². The Balaban J connectivity index is 1.38. The lowest BCUT2D eigenvalue weighted by atomic mass is 9.36. The molecule has 8 nitrogen and oxygen atoms in total. The minimum absolute atomic E-state index is 0.0185. The van der Waals surface area contributed by atoms with Gasteiger partial charge < -0.3 is 19.7 Å². The molecule has 4 bridgehead atoms. The molecule has 6 fully saturated rings. The monoisotopic (exact) mass is 536 g/mol. The molecular weight excluding hydrogens is 498 g/mol. The largest absolute Gasteiger partial charge is 0.453 e. The van der Waals surface area contributed by atoms with Crippen molar-refractivity contribution >= 4 is 16.1 Å². The maximum Gasteiger partial charge on any atom is 0.405 e. The first-order chi connectivity index (χ1) is 16.7. The fraction of sp³-hybridized carbons (Fsp3) is 0.960. The molecule has 0 heterocycles. The molecule has 6 atom stereocenters. The van der Waals surface area contributed by atoms with Crippen LogP contribution in [0.5, 0.6) is 0 Å². The third-order valence-corrected chi connectivity index (χ3v) is 11.5. The van der Waals surface area contributed by atoms with Gasteiger partial charge in [0.15, 0.2) is 6.10 Å². The molecule has 6 rings (SSSR count). The van der Waals surface area contributed by atoms with Crippen molar-refractivity contribution < 1.29 is 46.2 Å². The Labute approximate surface area is 210 Å². The molecule has 0 aromatic heterocycles. The number of ether oxygens (including phenoxy) is 2. The van der Waals surface area contributed by atoms with E-state index in [0.717, 1.165) is 64.2 Å². The van der Waals surface area contributed by atoms with Crippen LogP contribution in [0.3, 0.4) is 0 Å². The number of carbonyl (C=O) groups is 1. The molecule has 6 aliphatic rings. The molecular formula is C25H38F2O8S. The number of alkyl halides is 2. The highest BCUT2D eigenvalue weighted by Crippen LogP contribution is 2.74. The Morgan fingerprint density at radius 1 is 1.03 bits per heavy atom. The highest BCUT2D eigenvalue weighted by Gasteiger charge is 2.73. The van der Waals surface area contributed by atoms with Gasteiger partial charge in [-0.15, -0.1) is 0 Å². The molecule has 0 amide bonds. The number of hydrogen-bond acceptors (Lipinski definition) is 7. The van der Waals surface area contributed by atoms with Gasteiger partial charge in [0.2, 0.25) is 0 Å². The SMILES string of the molecule is CC(OC(=O)COC1C2CC3CC(C4(O)CCCC4)(C2)CC1(C1(O)CCCC1)C3)C(F)(F)S(=O)(=O)O. The number of rotatable bonds is 8. The Bertz CT molecular complexity index is 990. The number of carbonyl (C=O) groups excluding carboxylic acids is 1. The van der Waals surface area contributed by atoms with Crippen LogP contribution in [0.4, 0.5) is 8.78 Å². The number of aliphatic hydroxyl groups is 2. The minimum atomic E-state index is -5.75. The summed E-state index contributed by atoms with van der Waals surface area (Å²) >= 11 is 0. The van der Waals surface area contributed by atoms with Gasteiger partial charge in [-0.1, -0.05) is 25.7 Å².